The summed E-state index contributed by atoms with van der Waals surface area (Å²) in [5.74, 6) is 0. The van der Waals surface area contributed by atoms with Gasteiger partial charge in [0.1, 0.15) is 0 Å². The minimum absolute atomic E-state index is 1.04. The molecule has 0 N–H and O–H groups in total. The molecule has 3 rings (SSSR count). The molecule has 0 radical (unpaired) electrons. The SMILES string of the molecule is Cc1ccnc(-c2ccc(-c3ccccc3)cc2C)c1. The number of pyridine rings is 1. The largest absolute Gasteiger partial charge is 0.256 e. The first-order valence-electron chi connectivity index (χ1n) is 6.83. The van der Waals surface area contributed by atoms with Crippen molar-refractivity contribution in [3.8, 4) is 22.4 Å². The van der Waals surface area contributed by atoms with Crippen LogP contribution in [0.2, 0.25) is 0 Å². The molecular formula is C19H17N. The van der Waals surface area contributed by atoms with Crippen LogP contribution in [0.3, 0.4) is 0 Å². The number of benzene rings is 2. The van der Waals surface area contributed by atoms with Crippen molar-refractivity contribution < 1.29 is 0 Å². The first-order valence-corrected chi connectivity index (χ1v) is 6.83. The Morgan fingerprint density at radius 3 is 2.25 bits per heavy atom. The molecule has 0 aliphatic carbocycles. The second-order valence-electron chi connectivity index (χ2n) is 5.11. The Balaban J connectivity index is 2.04. The summed E-state index contributed by atoms with van der Waals surface area (Å²) in [4.78, 5) is 4.47. The van der Waals surface area contributed by atoms with E-state index in [1.165, 1.54) is 27.8 Å². The van der Waals surface area contributed by atoms with E-state index in [0.29, 0.717) is 0 Å². The van der Waals surface area contributed by atoms with Crippen LogP contribution in [0, 0.1) is 13.8 Å². The molecule has 1 heterocycles. The topological polar surface area (TPSA) is 12.9 Å². The molecule has 0 spiro atoms. The molecule has 3 aromatic rings. The number of aromatic nitrogens is 1. The van der Waals surface area contributed by atoms with Gasteiger partial charge in [-0.3, -0.25) is 4.98 Å². The Labute approximate surface area is 119 Å². The number of nitrogens with zero attached hydrogens (tertiary/aromatic N) is 1. The van der Waals surface area contributed by atoms with Gasteiger partial charge >= 0.3 is 0 Å². The number of hydrogen-bond donors (Lipinski definition) is 0. The molecule has 1 aromatic heterocycles. The highest BCUT2D eigenvalue weighted by Gasteiger charge is 2.05. The minimum Gasteiger partial charge on any atom is -0.256 e. The van der Waals surface area contributed by atoms with Crippen LogP contribution in [0.15, 0.2) is 66.9 Å². The summed E-state index contributed by atoms with van der Waals surface area (Å²) in [6, 6.07) is 21.2. The second kappa shape index (κ2) is 5.30. The fourth-order valence-corrected chi connectivity index (χ4v) is 2.44. The van der Waals surface area contributed by atoms with Gasteiger partial charge < -0.3 is 0 Å². The smallest absolute Gasteiger partial charge is 0.0707 e. The number of hydrogen-bond acceptors (Lipinski definition) is 1. The van der Waals surface area contributed by atoms with Crippen LogP contribution in [-0.4, -0.2) is 4.98 Å². The van der Waals surface area contributed by atoms with Crippen molar-refractivity contribution >= 4 is 0 Å². The zero-order valence-corrected chi connectivity index (χ0v) is 11.8. The Morgan fingerprint density at radius 1 is 0.750 bits per heavy atom. The van der Waals surface area contributed by atoms with Crippen molar-refractivity contribution in [3.05, 3.63) is 78.0 Å². The van der Waals surface area contributed by atoms with Gasteiger partial charge in [0.2, 0.25) is 0 Å². The third-order valence-electron chi connectivity index (χ3n) is 3.52. The first-order chi connectivity index (χ1) is 9.74. The molecular weight excluding hydrogens is 242 g/mol. The molecule has 0 unspecified atom stereocenters. The van der Waals surface area contributed by atoms with E-state index >= 15 is 0 Å². The highest BCUT2D eigenvalue weighted by Crippen LogP contribution is 2.27. The van der Waals surface area contributed by atoms with Gasteiger partial charge in [-0.2, -0.15) is 0 Å². The molecule has 0 bridgehead atoms. The van der Waals surface area contributed by atoms with Gasteiger partial charge in [0, 0.05) is 11.8 Å². The molecule has 98 valence electrons. The third-order valence-corrected chi connectivity index (χ3v) is 3.52. The summed E-state index contributed by atoms with van der Waals surface area (Å²) < 4.78 is 0. The van der Waals surface area contributed by atoms with Crippen LogP contribution in [0.1, 0.15) is 11.1 Å². The van der Waals surface area contributed by atoms with Gasteiger partial charge in [-0.25, -0.2) is 0 Å². The Hall–Kier alpha value is -2.41. The molecule has 0 aliphatic heterocycles. The average Bonchev–Trinajstić information content (AvgIpc) is 2.48. The fourth-order valence-electron chi connectivity index (χ4n) is 2.44. The van der Waals surface area contributed by atoms with Crippen LogP contribution < -0.4 is 0 Å². The zero-order chi connectivity index (χ0) is 13.9. The maximum absolute atomic E-state index is 4.47. The zero-order valence-electron chi connectivity index (χ0n) is 11.8. The summed E-state index contributed by atoms with van der Waals surface area (Å²) in [6.45, 7) is 4.24. The van der Waals surface area contributed by atoms with Crippen LogP contribution in [0.4, 0.5) is 0 Å². The van der Waals surface area contributed by atoms with Crippen LogP contribution in [0.5, 0.6) is 0 Å². The van der Waals surface area contributed by atoms with Crippen LogP contribution >= 0.6 is 0 Å². The molecule has 1 nitrogen and oxygen atoms in total. The van der Waals surface area contributed by atoms with Crippen molar-refractivity contribution in [2.24, 2.45) is 0 Å². The van der Waals surface area contributed by atoms with E-state index in [2.05, 4.69) is 67.4 Å². The summed E-state index contributed by atoms with van der Waals surface area (Å²) in [6.07, 6.45) is 1.87. The number of aryl methyl sites for hydroxylation is 2. The second-order valence-corrected chi connectivity index (χ2v) is 5.11. The van der Waals surface area contributed by atoms with E-state index in [0.717, 1.165) is 5.69 Å². The van der Waals surface area contributed by atoms with E-state index < -0.39 is 0 Å². The Morgan fingerprint density at radius 2 is 1.55 bits per heavy atom. The highest BCUT2D eigenvalue weighted by molar-refractivity contribution is 5.71. The minimum atomic E-state index is 1.04. The Kier molecular flexibility index (Phi) is 3.34. The lowest BCUT2D eigenvalue weighted by Gasteiger charge is -2.09. The van der Waals surface area contributed by atoms with Gasteiger partial charge in [0.15, 0.2) is 0 Å². The van der Waals surface area contributed by atoms with Crippen molar-refractivity contribution in [3.63, 3.8) is 0 Å². The summed E-state index contributed by atoms with van der Waals surface area (Å²) in [7, 11) is 0. The molecule has 0 saturated carbocycles. The van der Waals surface area contributed by atoms with Gasteiger partial charge in [0.25, 0.3) is 0 Å². The summed E-state index contributed by atoms with van der Waals surface area (Å²) >= 11 is 0. The van der Waals surface area contributed by atoms with Gasteiger partial charge in [-0.15, -0.1) is 0 Å². The maximum atomic E-state index is 4.47. The molecule has 0 atom stereocenters. The van der Waals surface area contributed by atoms with E-state index in [1.807, 2.05) is 18.3 Å². The van der Waals surface area contributed by atoms with E-state index in [9.17, 15) is 0 Å². The average molecular weight is 259 g/mol. The normalized spacial score (nSPS) is 10.5. The van der Waals surface area contributed by atoms with E-state index in [1.54, 1.807) is 0 Å². The monoisotopic (exact) mass is 259 g/mol. The lowest BCUT2D eigenvalue weighted by atomic mass is 9.98. The predicted molar refractivity (Wildman–Crippen MR) is 84.6 cm³/mol. The summed E-state index contributed by atoms with van der Waals surface area (Å²) in [5, 5.41) is 0. The quantitative estimate of drug-likeness (QED) is 0.628. The molecule has 0 saturated heterocycles. The molecule has 0 amide bonds. The Bertz CT molecular complexity index is 730. The standard InChI is InChI=1S/C19H17N/c1-14-10-11-20-19(12-14)18-9-8-17(13-15(18)2)16-6-4-3-5-7-16/h3-13H,1-2H3. The van der Waals surface area contributed by atoms with Gasteiger partial charge in [0.05, 0.1) is 5.69 Å². The molecule has 0 aliphatic rings. The van der Waals surface area contributed by atoms with E-state index in [-0.39, 0.29) is 0 Å². The molecule has 0 fully saturated rings. The van der Waals surface area contributed by atoms with Gasteiger partial charge in [-0.05, 0) is 48.2 Å². The lowest BCUT2D eigenvalue weighted by Crippen LogP contribution is -1.89. The van der Waals surface area contributed by atoms with Crippen LogP contribution in [0.25, 0.3) is 22.4 Å². The van der Waals surface area contributed by atoms with E-state index in [4.69, 9.17) is 0 Å². The molecule has 2 aromatic carbocycles. The lowest BCUT2D eigenvalue weighted by molar-refractivity contribution is 1.27. The van der Waals surface area contributed by atoms with Gasteiger partial charge in [-0.1, -0.05) is 48.5 Å². The van der Waals surface area contributed by atoms with Crippen molar-refractivity contribution in [1.29, 1.82) is 0 Å². The predicted octanol–water partition coefficient (Wildman–Crippen LogP) is 5.03. The summed E-state index contributed by atoms with van der Waals surface area (Å²) in [5.41, 5.74) is 7.24. The van der Waals surface area contributed by atoms with Crippen LogP contribution in [-0.2, 0) is 0 Å². The maximum Gasteiger partial charge on any atom is 0.0707 e. The van der Waals surface area contributed by atoms with Crippen molar-refractivity contribution in [2.45, 2.75) is 13.8 Å². The highest BCUT2D eigenvalue weighted by atomic mass is 14.7. The third kappa shape index (κ3) is 2.48. The van der Waals surface area contributed by atoms with Crippen molar-refractivity contribution in [2.75, 3.05) is 0 Å². The number of rotatable bonds is 2. The molecule has 1 heteroatoms. The first kappa shape index (κ1) is 12.6. The van der Waals surface area contributed by atoms with Crippen molar-refractivity contribution in [1.82, 2.24) is 4.98 Å². The molecule has 20 heavy (non-hydrogen) atoms. The fraction of sp³-hybridized carbons (Fsp3) is 0.105.